The van der Waals surface area contributed by atoms with Crippen molar-refractivity contribution in [3.05, 3.63) is 17.7 Å². The molecule has 0 amide bonds. The zero-order valence-electron chi connectivity index (χ0n) is 11.0. The first-order chi connectivity index (χ1) is 8.73. The first kappa shape index (κ1) is 15.6. The van der Waals surface area contributed by atoms with E-state index in [0.29, 0.717) is 12.6 Å². The van der Waals surface area contributed by atoms with Crippen LogP contribution in [0.5, 0.6) is 0 Å². The third kappa shape index (κ3) is 4.98. The molecule has 0 aliphatic carbocycles. The van der Waals surface area contributed by atoms with Crippen molar-refractivity contribution in [3.8, 4) is 0 Å². The fraction of sp³-hybridized carbons (Fsp3) is 0.545. The molecule has 108 valence electrons. The average Bonchev–Trinajstić information content (AvgIpc) is 2.22. The maximum absolute atomic E-state index is 13.5. The smallest absolute Gasteiger partial charge is 0.168 e. The van der Waals surface area contributed by atoms with Gasteiger partial charge in [0.25, 0.3) is 0 Å². The Labute approximate surface area is 111 Å². The van der Waals surface area contributed by atoms with Gasteiger partial charge in [-0.15, -0.1) is 0 Å². The van der Waals surface area contributed by atoms with E-state index in [4.69, 9.17) is 0 Å². The van der Waals surface area contributed by atoms with Crippen LogP contribution in [0.15, 0.2) is 6.07 Å². The number of rotatable bonds is 6. The number of sulfone groups is 1. The van der Waals surface area contributed by atoms with Crippen molar-refractivity contribution in [1.82, 2.24) is 4.98 Å². The lowest BCUT2D eigenvalue weighted by Crippen LogP contribution is -2.26. The molecule has 0 saturated heterocycles. The van der Waals surface area contributed by atoms with Gasteiger partial charge < -0.3 is 10.6 Å². The largest absolute Gasteiger partial charge is 0.368 e. The van der Waals surface area contributed by atoms with Gasteiger partial charge in [0.15, 0.2) is 23.3 Å². The van der Waals surface area contributed by atoms with E-state index in [0.717, 1.165) is 6.26 Å². The number of hydrogen-bond donors (Lipinski definition) is 2. The van der Waals surface area contributed by atoms with Gasteiger partial charge in [0.1, 0.15) is 9.84 Å². The Bertz CT molecular complexity index is 549. The van der Waals surface area contributed by atoms with E-state index in [1.807, 2.05) is 0 Å². The topological polar surface area (TPSA) is 71.1 Å². The van der Waals surface area contributed by atoms with Crippen molar-refractivity contribution in [2.75, 3.05) is 29.2 Å². The zero-order valence-corrected chi connectivity index (χ0v) is 11.8. The summed E-state index contributed by atoms with van der Waals surface area (Å²) >= 11 is 0. The Balaban J connectivity index is 2.91. The molecule has 1 heterocycles. The van der Waals surface area contributed by atoms with E-state index in [-0.39, 0.29) is 17.4 Å². The van der Waals surface area contributed by atoms with Crippen LogP contribution in [0, 0.1) is 11.6 Å². The SMILES string of the molecule is CCNc1nc(NC(C)CS(C)(=O)=O)c(F)cc1F. The Hall–Kier alpha value is -1.44. The number of nitrogens with one attached hydrogen (secondary N) is 2. The first-order valence-electron chi connectivity index (χ1n) is 5.77. The molecule has 0 spiro atoms. The molecule has 0 saturated carbocycles. The van der Waals surface area contributed by atoms with Crippen molar-refractivity contribution in [1.29, 1.82) is 0 Å². The Morgan fingerprint density at radius 3 is 2.42 bits per heavy atom. The van der Waals surface area contributed by atoms with Gasteiger partial charge in [0.2, 0.25) is 0 Å². The van der Waals surface area contributed by atoms with Crippen molar-refractivity contribution < 1.29 is 17.2 Å². The monoisotopic (exact) mass is 293 g/mol. The van der Waals surface area contributed by atoms with E-state index in [9.17, 15) is 17.2 Å². The zero-order chi connectivity index (χ0) is 14.6. The molecule has 2 N–H and O–H groups in total. The van der Waals surface area contributed by atoms with Crippen molar-refractivity contribution in [2.24, 2.45) is 0 Å². The van der Waals surface area contributed by atoms with Gasteiger partial charge in [-0.3, -0.25) is 0 Å². The highest BCUT2D eigenvalue weighted by Crippen LogP contribution is 2.19. The second-order valence-electron chi connectivity index (χ2n) is 4.32. The minimum absolute atomic E-state index is 0.0713. The van der Waals surface area contributed by atoms with Crippen LogP contribution in [0.4, 0.5) is 20.4 Å². The molecule has 1 aromatic heterocycles. The second kappa shape index (κ2) is 6.14. The number of pyridine rings is 1. The normalized spacial score (nSPS) is 13.1. The maximum atomic E-state index is 13.5. The van der Waals surface area contributed by atoms with Crippen LogP contribution in [0.2, 0.25) is 0 Å². The highest BCUT2D eigenvalue weighted by Gasteiger charge is 2.16. The van der Waals surface area contributed by atoms with Crippen LogP contribution in [0.3, 0.4) is 0 Å². The molecular formula is C11H17F2N3O2S. The molecule has 19 heavy (non-hydrogen) atoms. The molecule has 1 atom stereocenters. The highest BCUT2D eigenvalue weighted by molar-refractivity contribution is 7.90. The van der Waals surface area contributed by atoms with E-state index in [1.165, 1.54) is 0 Å². The summed E-state index contributed by atoms with van der Waals surface area (Å²) in [7, 11) is -3.19. The van der Waals surface area contributed by atoms with Crippen LogP contribution >= 0.6 is 0 Å². The first-order valence-corrected chi connectivity index (χ1v) is 7.83. The molecule has 0 radical (unpaired) electrons. The summed E-state index contributed by atoms with van der Waals surface area (Å²) in [5, 5.41) is 5.27. The Morgan fingerprint density at radius 2 is 1.89 bits per heavy atom. The summed E-state index contributed by atoms with van der Waals surface area (Å²) in [6.07, 6.45) is 1.09. The van der Waals surface area contributed by atoms with Gasteiger partial charge in [-0.25, -0.2) is 22.2 Å². The van der Waals surface area contributed by atoms with E-state index in [1.54, 1.807) is 13.8 Å². The van der Waals surface area contributed by atoms with Crippen molar-refractivity contribution >= 4 is 21.5 Å². The van der Waals surface area contributed by atoms with Crippen LogP contribution in [0.25, 0.3) is 0 Å². The van der Waals surface area contributed by atoms with Crippen LogP contribution in [-0.2, 0) is 9.84 Å². The fourth-order valence-electron chi connectivity index (χ4n) is 1.59. The van der Waals surface area contributed by atoms with Crippen molar-refractivity contribution in [3.63, 3.8) is 0 Å². The summed E-state index contributed by atoms with van der Waals surface area (Å²) in [5.41, 5.74) is 0. The molecule has 8 heteroatoms. The lowest BCUT2D eigenvalue weighted by Gasteiger charge is -2.15. The summed E-state index contributed by atoms with van der Waals surface area (Å²) < 4.78 is 49.1. The number of halogens is 2. The lowest BCUT2D eigenvalue weighted by molar-refractivity contribution is 0.575. The Morgan fingerprint density at radius 1 is 1.32 bits per heavy atom. The predicted molar refractivity (Wildman–Crippen MR) is 71.1 cm³/mol. The number of hydrogen-bond acceptors (Lipinski definition) is 5. The Kier molecular flexibility index (Phi) is 5.04. The second-order valence-corrected chi connectivity index (χ2v) is 6.50. The van der Waals surface area contributed by atoms with Crippen LogP contribution < -0.4 is 10.6 Å². The molecule has 1 unspecified atom stereocenters. The van der Waals surface area contributed by atoms with Gasteiger partial charge in [-0.2, -0.15) is 0 Å². The highest BCUT2D eigenvalue weighted by atomic mass is 32.2. The molecule has 0 fully saturated rings. The molecule has 0 bridgehead atoms. The van der Waals surface area contributed by atoms with Gasteiger partial charge in [0.05, 0.1) is 5.75 Å². The minimum Gasteiger partial charge on any atom is -0.368 e. The predicted octanol–water partition coefficient (Wildman–Crippen LogP) is 1.64. The molecule has 1 aromatic rings. The van der Waals surface area contributed by atoms with Crippen LogP contribution in [-0.4, -0.2) is 38.0 Å². The summed E-state index contributed by atoms with van der Waals surface area (Å²) in [6.45, 7) is 3.77. The summed E-state index contributed by atoms with van der Waals surface area (Å²) in [4.78, 5) is 3.76. The number of nitrogens with zero attached hydrogens (tertiary/aromatic N) is 1. The number of anilines is 2. The lowest BCUT2D eigenvalue weighted by atomic mass is 10.3. The molecule has 0 aliphatic heterocycles. The third-order valence-corrected chi connectivity index (χ3v) is 3.32. The fourth-order valence-corrected chi connectivity index (χ4v) is 2.58. The van der Waals surface area contributed by atoms with E-state index in [2.05, 4.69) is 15.6 Å². The molecule has 0 aliphatic rings. The average molecular weight is 293 g/mol. The van der Waals surface area contributed by atoms with Gasteiger partial charge in [0, 0.05) is 24.9 Å². The molecule has 0 aromatic carbocycles. The molecular weight excluding hydrogens is 276 g/mol. The van der Waals surface area contributed by atoms with Crippen molar-refractivity contribution in [2.45, 2.75) is 19.9 Å². The summed E-state index contributed by atoms with van der Waals surface area (Å²) in [5.74, 6) is -2.06. The third-order valence-electron chi connectivity index (χ3n) is 2.21. The van der Waals surface area contributed by atoms with Gasteiger partial charge in [-0.05, 0) is 13.8 Å². The molecule has 1 rings (SSSR count). The van der Waals surface area contributed by atoms with E-state index >= 15 is 0 Å². The maximum Gasteiger partial charge on any atom is 0.168 e. The van der Waals surface area contributed by atoms with Gasteiger partial charge >= 0.3 is 0 Å². The minimum atomic E-state index is -3.19. The van der Waals surface area contributed by atoms with E-state index < -0.39 is 27.5 Å². The quantitative estimate of drug-likeness (QED) is 0.834. The van der Waals surface area contributed by atoms with Gasteiger partial charge in [-0.1, -0.05) is 0 Å². The summed E-state index contributed by atoms with van der Waals surface area (Å²) in [6, 6.07) is 0.178. The standard InChI is InChI=1S/C11H17F2N3O2S/c1-4-14-10-8(12)5-9(13)11(16-10)15-7(2)6-19(3,17)18/h5,7H,4,6H2,1-3H3,(H2,14,15,16). The molecule has 5 nitrogen and oxygen atoms in total. The van der Waals surface area contributed by atoms with Crippen LogP contribution in [0.1, 0.15) is 13.8 Å². The number of aromatic nitrogens is 1.